The van der Waals surface area contributed by atoms with Crippen molar-refractivity contribution in [3.63, 3.8) is 0 Å². The van der Waals surface area contributed by atoms with Gasteiger partial charge in [0, 0.05) is 19.7 Å². The monoisotopic (exact) mass is 242 g/mol. The zero-order chi connectivity index (χ0) is 12.0. The van der Waals surface area contributed by atoms with E-state index in [-0.39, 0.29) is 12.5 Å². The van der Waals surface area contributed by atoms with Gasteiger partial charge in [-0.3, -0.25) is 4.79 Å². The van der Waals surface area contributed by atoms with Crippen LogP contribution in [0.3, 0.4) is 0 Å². The number of pyridine rings is 1. The molecule has 0 aliphatic heterocycles. The van der Waals surface area contributed by atoms with Crippen molar-refractivity contribution in [2.24, 2.45) is 0 Å². The molecule has 5 heteroatoms. The largest absolute Gasteiger partial charge is 0.396 e. The minimum atomic E-state index is -0.154. The molecule has 0 spiro atoms. The van der Waals surface area contributed by atoms with E-state index < -0.39 is 0 Å². The first kappa shape index (κ1) is 12.9. The van der Waals surface area contributed by atoms with Crippen LogP contribution in [0, 0.1) is 0 Å². The van der Waals surface area contributed by atoms with Gasteiger partial charge in [0.25, 0.3) is 5.91 Å². The number of carbonyl (C=O) groups excluding carboxylic acids is 1. The van der Waals surface area contributed by atoms with Gasteiger partial charge in [0.15, 0.2) is 0 Å². The van der Waals surface area contributed by atoms with Crippen LogP contribution >= 0.6 is 11.6 Å². The second kappa shape index (κ2) is 6.45. The Balaban J connectivity index is 2.74. The van der Waals surface area contributed by atoms with Crippen LogP contribution in [0.5, 0.6) is 0 Å². The van der Waals surface area contributed by atoms with Crippen LogP contribution in [-0.2, 0) is 0 Å². The molecule has 1 heterocycles. The van der Waals surface area contributed by atoms with E-state index in [1.807, 2.05) is 6.92 Å². The summed E-state index contributed by atoms with van der Waals surface area (Å²) in [5, 5.41) is 9.04. The van der Waals surface area contributed by atoms with Gasteiger partial charge in [-0.2, -0.15) is 0 Å². The second-order valence-corrected chi connectivity index (χ2v) is 3.69. The van der Waals surface area contributed by atoms with Gasteiger partial charge in [-0.1, -0.05) is 17.7 Å². The number of halogens is 1. The summed E-state index contributed by atoms with van der Waals surface area (Å²) in [6.45, 7) is 3.08. The molecule has 0 saturated carbocycles. The maximum atomic E-state index is 12.0. The molecule has 88 valence electrons. The van der Waals surface area contributed by atoms with Gasteiger partial charge in [-0.25, -0.2) is 4.98 Å². The molecular weight excluding hydrogens is 228 g/mol. The van der Waals surface area contributed by atoms with Crippen LogP contribution in [0.25, 0.3) is 0 Å². The first-order valence-electron chi connectivity index (χ1n) is 5.21. The maximum absolute atomic E-state index is 12.0. The Bertz CT molecular complexity index is 358. The third-order valence-electron chi connectivity index (χ3n) is 2.19. The molecule has 0 aliphatic rings. The number of nitrogens with zero attached hydrogens (tertiary/aromatic N) is 2. The molecule has 1 aromatic heterocycles. The average molecular weight is 243 g/mol. The van der Waals surface area contributed by atoms with Crippen molar-refractivity contribution < 1.29 is 9.90 Å². The quantitative estimate of drug-likeness (QED) is 0.798. The number of aliphatic hydroxyl groups excluding tert-OH is 1. The van der Waals surface area contributed by atoms with E-state index in [0.717, 1.165) is 0 Å². The summed E-state index contributed by atoms with van der Waals surface area (Å²) >= 11 is 5.72. The molecule has 1 aromatic rings. The zero-order valence-electron chi connectivity index (χ0n) is 9.19. The first-order valence-corrected chi connectivity index (χ1v) is 5.59. The number of amides is 1. The molecule has 1 N–H and O–H groups in total. The van der Waals surface area contributed by atoms with Crippen LogP contribution in [0.2, 0.25) is 5.15 Å². The summed E-state index contributed by atoms with van der Waals surface area (Å²) in [5.41, 5.74) is 0.340. The second-order valence-electron chi connectivity index (χ2n) is 3.31. The van der Waals surface area contributed by atoms with Crippen molar-refractivity contribution in [1.29, 1.82) is 0 Å². The fourth-order valence-corrected chi connectivity index (χ4v) is 1.52. The molecule has 4 nitrogen and oxygen atoms in total. The predicted molar refractivity (Wildman–Crippen MR) is 62.5 cm³/mol. The molecule has 0 aliphatic carbocycles. The molecule has 0 radical (unpaired) electrons. The van der Waals surface area contributed by atoms with Crippen LogP contribution in [0.1, 0.15) is 23.8 Å². The van der Waals surface area contributed by atoms with E-state index in [9.17, 15) is 4.79 Å². The normalized spacial score (nSPS) is 10.2. The standard InChI is InChI=1S/C11H15ClN2O2/c1-2-14(7-4-8-15)11(16)9-5-3-6-10(12)13-9/h3,5-6,15H,2,4,7-8H2,1H3. The van der Waals surface area contributed by atoms with Gasteiger partial charge >= 0.3 is 0 Å². The summed E-state index contributed by atoms with van der Waals surface area (Å²) in [4.78, 5) is 17.6. The minimum absolute atomic E-state index is 0.0761. The first-order chi connectivity index (χ1) is 7.69. The molecule has 0 unspecified atom stereocenters. The molecule has 0 fully saturated rings. The van der Waals surface area contributed by atoms with Crippen molar-refractivity contribution in [1.82, 2.24) is 9.88 Å². The summed E-state index contributed by atoms with van der Waals surface area (Å²) in [7, 11) is 0. The van der Waals surface area contributed by atoms with Gasteiger partial charge in [-0.15, -0.1) is 0 Å². The van der Waals surface area contributed by atoms with Crippen LogP contribution in [0.15, 0.2) is 18.2 Å². The van der Waals surface area contributed by atoms with E-state index in [1.54, 1.807) is 23.1 Å². The van der Waals surface area contributed by atoms with E-state index >= 15 is 0 Å². The number of hydrogen-bond acceptors (Lipinski definition) is 3. The van der Waals surface area contributed by atoms with E-state index in [2.05, 4.69) is 4.98 Å². The highest BCUT2D eigenvalue weighted by Gasteiger charge is 2.14. The van der Waals surface area contributed by atoms with Crippen molar-refractivity contribution in [2.45, 2.75) is 13.3 Å². The Morgan fingerprint density at radius 2 is 2.31 bits per heavy atom. The van der Waals surface area contributed by atoms with E-state index in [4.69, 9.17) is 16.7 Å². The van der Waals surface area contributed by atoms with E-state index in [1.165, 1.54) is 0 Å². The van der Waals surface area contributed by atoms with Crippen LogP contribution < -0.4 is 0 Å². The molecule has 0 atom stereocenters. The number of aliphatic hydroxyl groups is 1. The van der Waals surface area contributed by atoms with Gasteiger partial charge in [-0.05, 0) is 25.5 Å². The topological polar surface area (TPSA) is 53.4 Å². The van der Waals surface area contributed by atoms with Crippen molar-refractivity contribution >= 4 is 17.5 Å². The molecule has 0 aromatic carbocycles. The van der Waals surface area contributed by atoms with Gasteiger partial charge in [0.1, 0.15) is 10.8 Å². The Kier molecular flexibility index (Phi) is 5.22. The Labute approximate surface area is 99.9 Å². The molecular formula is C11H15ClN2O2. The van der Waals surface area contributed by atoms with Gasteiger partial charge in [0.2, 0.25) is 0 Å². The lowest BCUT2D eigenvalue weighted by Gasteiger charge is -2.19. The number of hydrogen-bond donors (Lipinski definition) is 1. The molecule has 1 rings (SSSR count). The van der Waals surface area contributed by atoms with Gasteiger partial charge < -0.3 is 10.0 Å². The predicted octanol–water partition coefficient (Wildman–Crippen LogP) is 1.58. The number of aromatic nitrogens is 1. The Hall–Kier alpha value is -1.13. The van der Waals surface area contributed by atoms with Crippen molar-refractivity contribution in [2.75, 3.05) is 19.7 Å². The highest BCUT2D eigenvalue weighted by molar-refractivity contribution is 6.29. The smallest absolute Gasteiger partial charge is 0.272 e. The lowest BCUT2D eigenvalue weighted by molar-refractivity contribution is 0.0748. The van der Waals surface area contributed by atoms with Crippen LogP contribution in [0.4, 0.5) is 0 Å². The molecule has 16 heavy (non-hydrogen) atoms. The highest BCUT2D eigenvalue weighted by atomic mass is 35.5. The Morgan fingerprint density at radius 3 is 2.88 bits per heavy atom. The fourth-order valence-electron chi connectivity index (χ4n) is 1.35. The molecule has 0 saturated heterocycles. The number of carbonyl (C=O) groups is 1. The molecule has 0 bridgehead atoms. The maximum Gasteiger partial charge on any atom is 0.272 e. The highest BCUT2D eigenvalue weighted by Crippen LogP contribution is 2.08. The van der Waals surface area contributed by atoms with Crippen molar-refractivity contribution in [3.8, 4) is 0 Å². The third-order valence-corrected chi connectivity index (χ3v) is 2.40. The summed E-state index contributed by atoms with van der Waals surface area (Å²) in [5.74, 6) is -0.154. The van der Waals surface area contributed by atoms with Gasteiger partial charge in [0.05, 0.1) is 0 Å². The minimum Gasteiger partial charge on any atom is -0.396 e. The molecule has 1 amide bonds. The zero-order valence-corrected chi connectivity index (χ0v) is 9.94. The Morgan fingerprint density at radius 1 is 1.56 bits per heavy atom. The fraction of sp³-hybridized carbons (Fsp3) is 0.455. The summed E-state index contributed by atoms with van der Waals surface area (Å²) in [6.07, 6.45) is 0.570. The number of rotatable bonds is 5. The average Bonchev–Trinajstić information content (AvgIpc) is 2.29. The lowest BCUT2D eigenvalue weighted by Crippen LogP contribution is -2.32. The summed E-state index contributed by atoms with van der Waals surface area (Å²) in [6, 6.07) is 4.96. The lowest BCUT2D eigenvalue weighted by atomic mass is 10.3. The van der Waals surface area contributed by atoms with E-state index in [0.29, 0.717) is 30.4 Å². The summed E-state index contributed by atoms with van der Waals surface area (Å²) < 4.78 is 0. The van der Waals surface area contributed by atoms with Crippen molar-refractivity contribution in [3.05, 3.63) is 29.0 Å². The third kappa shape index (κ3) is 3.47. The van der Waals surface area contributed by atoms with Crippen LogP contribution in [-0.4, -0.2) is 40.6 Å². The SMILES string of the molecule is CCN(CCCO)C(=O)c1cccc(Cl)n1.